The van der Waals surface area contributed by atoms with Crippen molar-refractivity contribution in [3.8, 4) is 0 Å². The summed E-state index contributed by atoms with van der Waals surface area (Å²) >= 11 is 0. The molecule has 0 fully saturated rings. The normalized spacial score (nSPS) is 12.8. The van der Waals surface area contributed by atoms with Crippen LogP contribution in [-0.2, 0) is 14.3 Å². The summed E-state index contributed by atoms with van der Waals surface area (Å²) in [5.41, 5.74) is 0.678. The van der Waals surface area contributed by atoms with Gasteiger partial charge in [-0.25, -0.2) is 4.79 Å². The minimum Gasteiger partial charge on any atom is -0.454 e. The van der Waals surface area contributed by atoms with Crippen molar-refractivity contribution in [3.63, 3.8) is 0 Å². The van der Waals surface area contributed by atoms with Gasteiger partial charge in [-0.2, -0.15) is 13.2 Å². The number of carbonyl (C=O) groups is 2. The largest absolute Gasteiger partial charge is 0.454 e. The summed E-state index contributed by atoms with van der Waals surface area (Å²) in [7, 11) is 1.71. The molecule has 0 saturated heterocycles. The van der Waals surface area contributed by atoms with Gasteiger partial charge < -0.3 is 10.1 Å². The fraction of sp³-hybridized carbons (Fsp3) is 0.467. The molecule has 0 aliphatic carbocycles. The third-order valence-electron chi connectivity index (χ3n) is 3.11. The maximum Gasteiger partial charge on any atom is 0.405 e. The molecule has 0 spiro atoms. The van der Waals surface area contributed by atoms with Crippen LogP contribution in [0.2, 0.25) is 0 Å². The zero-order chi connectivity index (χ0) is 17.5. The van der Waals surface area contributed by atoms with E-state index in [1.165, 1.54) is 0 Å². The smallest absolute Gasteiger partial charge is 0.405 e. The third kappa shape index (κ3) is 6.68. The highest BCUT2D eigenvalue weighted by Crippen LogP contribution is 2.20. The van der Waals surface area contributed by atoms with E-state index in [9.17, 15) is 22.8 Å². The Morgan fingerprint density at radius 2 is 1.87 bits per heavy atom. The van der Waals surface area contributed by atoms with E-state index in [-0.39, 0.29) is 0 Å². The topological polar surface area (TPSA) is 58.6 Å². The first-order chi connectivity index (χ1) is 10.7. The second-order valence-electron chi connectivity index (χ2n) is 4.89. The number of benzene rings is 1. The van der Waals surface area contributed by atoms with Crippen LogP contribution in [0.3, 0.4) is 0 Å². The van der Waals surface area contributed by atoms with Crippen LogP contribution in [0.1, 0.15) is 18.5 Å². The average Bonchev–Trinajstić information content (AvgIpc) is 2.51. The molecule has 5 nitrogen and oxygen atoms in total. The van der Waals surface area contributed by atoms with Crippen LogP contribution in [0.15, 0.2) is 30.3 Å². The molecular formula is C15H19F3N2O3. The van der Waals surface area contributed by atoms with E-state index in [2.05, 4.69) is 0 Å². The van der Waals surface area contributed by atoms with Crippen molar-refractivity contribution >= 4 is 11.9 Å². The van der Waals surface area contributed by atoms with Crippen LogP contribution in [0.25, 0.3) is 0 Å². The molecule has 0 radical (unpaired) electrons. The van der Waals surface area contributed by atoms with E-state index in [0.717, 1.165) is 0 Å². The zero-order valence-electron chi connectivity index (χ0n) is 12.9. The lowest BCUT2D eigenvalue weighted by Gasteiger charge is -2.25. The third-order valence-corrected chi connectivity index (χ3v) is 3.11. The molecule has 1 atom stereocenters. The van der Waals surface area contributed by atoms with Crippen LogP contribution in [0.5, 0.6) is 0 Å². The quantitative estimate of drug-likeness (QED) is 0.775. The van der Waals surface area contributed by atoms with Gasteiger partial charge in [0.05, 0.1) is 0 Å². The minimum absolute atomic E-state index is 0.551. The Balaban J connectivity index is 2.63. The summed E-state index contributed by atoms with van der Waals surface area (Å²) in [4.78, 5) is 25.2. The van der Waals surface area contributed by atoms with E-state index < -0.39 is 37.2 Å². The van der Waals surface area contributed by atoms with Gasteiger partial charge in [0.2, 0.25) is 0 Å². The number of carbonyl (C=O) groups excluding carboxylic acids is 2. The van der Waals surface area contributed by atoms with Crippen molar-refractivity contribution in [1.82, 2.24) is 10.2 Å². The summed E-state index contributed by atoms with van der Waals surface area (Å²) in [6.07, 6.45) is -4.51. The number of hydrogen-bond donors (Lipinski definition) is 1. The van der Waals surface area contributed by atoms with Crippen LogP contribution < -0.4 is 5.32 Å². The number of hydrogen-bond acceptors (Lipinski definition) is 4. The number of amides is 1. The summed E-state index contributed by atoms with van der Waals surface area (Å²) in [6, 6.07) is 8.06. The predicted octanol–water partition coefficient (Wildman–Crippen LogP) is 1.90. The molecule has 0 aliphatic heterocycles. The van der Waals surface area contributed by atoms with Crippen molar-refractivity contribution in [2.24, 2.45) is 0 Å². The molecule has 23 heavy (non-hydrogen) atoms. The number of alkyl halides is 3. The van der Waals surface area contributed by atoms with Crippen molar-refractivity contribution < 1.29 is 27.5 Å². The van der Waals surface area contributed by atoms with E-state index >= 15 is 0 Å². The number of ether oxygens (including phenoxy) is 1. The first-order valence-corrected chi connectivity index (χ1v) is 7.00. The van der Waals surface area contributed by atoms with E-state index in [0.29, 0.717) is 12.1 Å². The lowest BCUT2D eigenvalue weighted by Crippen LogP contribution is -2.38. The molecular weight excluding hydrogens is 313 g/mol. The van der Waals surface area contributed by atoms with Crippen LogP contribution in [-0.4, -0.2) is 49.7 Å². The molecule has 0 saturated carbocycles. The monoisotopic (exact) mass is 332 g/mol. The molecule has 8 heteroatoms. The Bertz CT molecular complexity index is 520. The molecule has 1 N–H and O–H groups in total. The average molecular weight is 332 g/mol. The Morgan fingerprint density at radius 3 is 2.39 bits per heavy atom. The first kappa shape index (κ1) is 19.0. The molecule has 0 unspecified atom stereocenters. The van der Waals surface area contributed by atoms with Gasteiger partial charge in [-0.3, -0.25) is 9.69 Å². The summed E-state index contributed by atoms with van der Waals surface area (Å²) < 4.78 is 40.8. The van der Waals surface area contributed by atoms with Gasteiger partial charge in [0.1, 0.15) is 12.6 Å². The van der Waals surface area contributed by atoms with E-state index in [1.807, 2.05) is 6.92 Å². The Labute approximate surface area is 132 Å². The number of esters is 1. The molecule has 1 aromatic carbocycles. The van der Waals surface area contributed by atoms with Crippen molar-refractivity contribution in [3.05, 3.63) is 35.9 Å². The second kappa shape index (κ2) is 8.52. The standard InChI is InChI=1S/C15H19F3N2O3/c1-3-20(2)13(11-7-5-4-6-8-11)14(22)23-9-12(21)19-10-15(16,17)18/h4-8,13H,3,9-10H2,1-2H3,(H,19,21)/t13-/m1/s1. The van der Waals surface area contributed by atoms with Crippen LogP contribution in [0, 0.1) is 0 Å². The molecule has 1 aromatic rings. The van der Waals surface area contributed by atoms with Crippen molar-refractivity contribution in [1.29, 1.82) is 0 Å². The molecule has 128 valence electrons. The second-order valence-corrected chi connectivity index (χ2v) is 4.89. The minimum atomic E-state index is -4.51. The van der Waals surface area contributed by atoms with Crippen molar-refractivity contribution in [2.45, 2.75) is 19.1 Å². The highest BCUT2D eigenvalue weighted by atomic mass is 19.4. The lowest BCUT2D eigenvalue weighted by molar-refractivity contribution is -0.155. The van der Waals surface area contributed by atoms with Gasteiger partial charge in [-0.05, 0) is 19.2 Å². The summed E-state index contributed by atoms with van der Waals surface area (Å²) in [5, 5.41) is 1.65. The van der Waals surface area contributed by atoms with Gasteiger partial charge in [-0.15, -0.1) is 0 Å². The number of nitrogens with zero attached hydrogens (tertiary/aromatic N) is 1. The fourth-order valence-electron chi connectivity index (χ4n) is 1.85. The molecule has 0 aliphatic rings. The van der Waals surface area contributed by atoms with E-state index in [1.54, 1.807) is 47.6 Å². The molecule has 1 rings (SSSR count). The van der Waals surface area contributed by atoms with Gasteiger partial charge in [-0.1, -0.05) is 37.3 Å². The lowest BCUT2D eigenvalue weighted by atomic mass is 10.1. The van der Waals surface area contributed by atoms with Crippen LogP contribution in [0.4, 0.5) is 13.2 Å². The first-order valence-electron chi connectivity index (χ1n) is 7.00. The maximum absolute atomic E-state index is 12.2. The SMILES string of the molecule is CCN(C)[C@@H](C(=O)OCC(=O)NCC(F)(F)F)c1ccccc1. The molecule has 1 amide bonds. The van der Waals surface area contributed by atoms with Gasteiger partial charge in [0.25, 0.3) is 5.91 Å². The van der Waals surface area contributed by atoms with Gasteiger partial charge in [0, 0.05) is 0 Å². The van der Waals surface area contributed by atoms with Gasteiger partial charge >= 0.3 is 12.1 Å². The summed E-state index contributed by atoms with van der Waals surface area (Å²) in [6.45, 7) is 0.185. The fourth-order valence-corrected chi connectivity index (χ4v) is 1.85. The molecule has 0 bridgehead atoms. The number of likely N-dealkylation sites (N-methyl/N-ethyl adjacent to an activating group) is 1. The summed E-state index contributed by atoms with van der Waals surface area (Å²) in [5.74, 6) is -1.69. The van der Waals surface area contributed by atoms with Crippen molar-refractivity contribution in [2.75, 3.05) is 26.7 Å². The Kier molecular flexibility index (Phi) is 7.02. The Morgan fingerprint density at radius 1 is 1.26 bits per heavy atom. The maximum atomic E-state index is 12.2. The number of nitrogens with one attached hydrogen (secondary N) is 1. The predicted molar refractivity (Wildman–Crippen MR) is 77.5 cm³/mol. The Hall–Kier alpha value is -2.09. The van der Waals surface area contributed by atoms with E-state index in [4.69, 9.17) is 4.74 Å². The highest BCUT2D eigenvalue weighted by molar-refractivity contribution is 5.83. The zero-order valence-corrected chi connectivity index (χ0v) is 12.9. The van der Waals surface area contributed by atoms with Crippen LogP contribution >= 0.6 is 0 Å². The van der Waals surface area contributed by atoms with Gasteiger partial charge in [0.15, 0.2) is 6.61 Å². The highest BCUT2D eigenvalue weighted by Gasteiger charge is 2.29. The number of rotatable bonds is 7. The molecule has 0 aromatic heterocycles. The molecule has 0 heterocycles. The number of halogens is 3.